The van der Waals surface area contributed by atoms with Gasteiger partial charge in [-0.3, -0.25) is 14.5 Å². The van der Waals surface area contributed by atoms with Crippen molar-refractivity contribution in [1.82, 2.24) is 13.8 Å². The summed E-state index contributed by atoms with van der Waals surface area (Å²) in [6.45, 7) is 12.6. The van der Waals surface area contributed by atoms with Crippen LogP contribution in [0.4, 0.5) is 0 Å². The number of hydrogen-bond acceptors (Lipinski definition) is 2. The van der Waals surface area contributed by atoms with Gasteiger partial charge in [-0.2, -0.15) is 0 Å². The van der Waals surface area contributed by atoms with Gasteiger partial charge in [-0.15, -0.1) is 6.58 Å². The Morgan fingerprint density at radius 1 is 1.03 bits per heavy atom. The third-order valence-corrected chi connectivity index (χ3v) is 6.13. The van der Waals surface area contributed by atoms with E-state index in [1.807, 2.05) is 54.8 Å². The summed E-state index contributed by atoms with van der Waals surface area (Å²) in [5.41, 5.74) is 5.20. The van der Waals surface area contributed by atoms with E-state index in [0.29, 0.717) is 11.1 Å². The molecule has 0 spiro atoms. The van der Waals surface area contributed by atoms with E-state index in [-0.39, 0.29) is 18.4 Å². The zero-order chi connectivity index (χ0) is 21.6. The van der Waals surface area contributed by atoms with Crippen molar-refractivity contribution in [2.45, 2.75) is 20.4 Å². The van der Waals surface area contributed by atoms with Gasteiger partial charge in [0.2, 0.25) is 0 Å². The van der Waals surface area contributed by atoms with Crippen molar-refractivity contribution < 1.29 is 9.59 Å². The molecule has 0 saturated heterocycles. The molecule has 6 heteroatoms. The van der Waals surface area contributed by atoms with E-state index in [9.17, 15) is 9.59 Å². The number of carbonyl (C=O) groups is 2. The van der Waals surface area contributed by atoms with Gasteiger partial charge >= 0.3 is 0 Å². The first kappa shape index (κ1) is 20.1. The highest BCUT2D eigenvalue weighted by atomic mass is 31.0. The maximum absolute atomic E-state index is 13.5. The second-order valence-corrected chi connectivity index (χ2v) is 7.82. The predicted octanol–water partition coefficient (Wildman–Crippen LogP) is 4.52. The number of aryl methyl sites for hydroxylation is 1. The normalized spacial score (nSPS) is 14.3. The van der Waals surface area contributed by atoms with Crippen LogP contribution in [0, 0.1) is 6.92 Å². The van der Waals surface area contributed by atoms with Crippen LogP contribution in [-0.4, -0.2) is 32.2 Å². The fourth-order valence-electron chi connectivity index (χ4n) is 4.23. The lowest BCUT2D eigenvalue weighted by Crippen LogP contribution is -2.31. The van der Waals surface area contributed by atoms with Crippen LogP contribution in [0.2, 0.25) is 0 Å². The van der Waals surface area contributed by atoms with E-state index in [0.717, 1.165) is 39.8 Å². The van der Waals surface area contributed by atoms with Crippen molar-refractivity contribution in [1.29, 1.82) is 0 Å². The number of amides is 2. The van der Waals surface area contributed by atoms with E-state index < -0.39 is 0 Å². The molecule has 0 saturated carbocycles. The van der Waals surface area contributed by atoms with Crippen LogP contribution in [-0.2, 0) is 16.1 Å². The molecule has 152 valence electrons. The zero-order valence-electron chi connectivity index (χ0n) is 17.2. The molecule has 0 aliphatic carbocycles. The minimum absolute atomic E-state index is 0.168. The van der Waals surface area contributed by atoms with Crippen molar-refractivity contribution >= 4 is 49.3 Å². The van der Waals surface area contributed by atoms with Crippen LogP contribution in [0.25, 0.3) is 28.1 Å². The number of para-hydroxylation sites is 1. The molecule has 1 aliphatic heterocycles. The summed E-state index contributed by atoms with van der Waals surface area (Å²) in [7, 11) is 2.65. The molecular weight excluding hydrogens is 393 g/mol. The first-order chi connectivity index (χ1) is 14.4. The highest BCUT2D eigenvalue weighted by molar-refractivity contribution is 7.14. The van der Waals surface area contributed by atoms with Gasteiger partial charge in [0.1, 0.15) is 0 Å². The molecule has 2 aromatic heterocycles. The molecule has 1 unspecified atom stereocenters. The fraction of sp³-hybridized carbons (Fsp3) is 0.167. The highest BCUT2D eigenvalue weighted by Gasteiger charge is 2.41. The Bertz CT molecular complexity index is 1260. The summed E-state index contributed by atoms with van der Waals surface area (Å²) in [4.78, 5) is 28.2. The smallest absolute Gasteiger partial charge is 0.262 e. The van der Waals surface area contributed by atoms with Crippen LogP contribution in [0.3, 0.4) is 0 Å². The van der Waals surface area contributed by atoms with Crippen molar-refractivity contribution in [3.05, 3.63) is 78.3 Å². The predicted molar refractivity (Wildman–Crippen MR) is 126 cm³/mol. The Balaban J connectivity index is 2.08. The average Bonchev–Trinajstić information content (AvgIpc) is 3.33. The number of nitrogens with zero attached hydrogens (tertiary/aromatic N) is 3. The van der Waals surface area contributed by atoms with Gasteiger partial charge in [-0.1, -0.05) is 36.9 Å². The van der Waals surface area contributed by atoms with Gasteiger partial charge in [0.05, 0.1) is 16.7 Å². The van der Waals surface area contributed by atoms with Crippen LogP contribution in [0.15, 0.2) is 55.9 Å². The second kappa shape index (κ2) is 7.58. The lowest BCUT2D eigenvalue weighted by molar-refractivity contribution is -0.135. The number of hydrogen-bond donors (Lipinski definition) is 0. The third kappa shape index (κ3) is 2.81. The quantitative estimate of drug-likeness (QED) is 0.336. The molecule has 3 aromatic rings. The zero-order valence-corrected chi connectivity index (χ0v) is 18.3. The molecule has 30 heavy (non-hydrogen) atoms. The number of rotatable bonds is 6. The van der Waals surface area contributed by atoms with E-state index in [1.165, 1.54) is 4.90 Å². The number of aromatic nitrogens is 2. The Kier molecular flexibility index (Phi) is 5.08. The SMILES string of the molecule is C=CCN1C(=O)C(c2cn(CC)c(C)c2C=C)=C(c2cn(P)c3ccccc23)C1=O. The largest absolute Gasteiger partial charge is 0.351 e. The van der Waals surface area contributed by atoms with Crippen molar-refractivity contribution in [2.24, 2.45) is 0 Å². The number of benzene rings is 1. The van der Waals surface area contributed by atoms with Crippen molar-refractivity contribution in [3.8, 4) is 0 Å². The molecule has 0 fully saturated rings. The maximum atomic E-state index is 13.5. The van der Waals surface area contributed by atoms with Crippen molar-refractivity contribution in [3.63, 3.8) is 0 Å². The summed E-state index contributed by atoms with van der Waals surface area (Å²) >= 11 is 0. The van der Waals surface area contributed by atoms with Crippen LogP contribution in [0.1, 0.15) is 29.3 Å². The fourth-order valence-corrected chi connectivity index (χ4v) is 4.61. The molecule has 1 aromatic carbocycles. The highest BCUT2D eigenvalue weighted by Crippen LogP contribution is 2.41. The van der Waals surface area contributed by atoms with Gasteiger partial charge in [0.25, 0.3) is 11.8 Å². The van der Waals surface area contributed by atoms with Crippen LogP contribution >= 0.6 is 9.39 Å². The van der Waals surface area contributed by atoms with Crippen LogP contribution < -0.4 is 0 Å². The summed E-state index contributed by atoms with van der Waals surface area (Å²) in [6, 6.07) is 7.85. The van der Waals surface area contributed by atoms with Gasteiger partial charge in [-0.25, -0.2) is 0 Å². The van der Waals surface area contributed by atoms with E-state index in [4.69, 9.17) is 0 Å². The Morgan fingerprint density at radius 3 is 2.33 bits per heavy atom. The van der Waals surface area contributed by atoms with Gasteiger partial charge in [0, 0.05) is 53.3 Å². The van der Waals surface area contributed by atoms with Crippen molar-refractivity contribution in [2.75, 3.05) is 6.54 Å². The van der Waals surface area contributed by atoms with Gasteiger partial charge in [0.15, 0.2) is 0 Å². The Labute approximate surface area is 178 Å². The van der Waals surface area contributed by atoms with Gasteiger partial charge < -0.3 is 8.90 Å². The average molecular weight is 417 g/mol. The monoisotopic (exact) mass is 417 g/mol. The first-order valence-corrected chi connectivity index (χ1v) is 10.4. The summed E-state index contributed by atoms with van der Waals surface area (Å²) in [5, 5.41) is 0.924. The molecule has 3 heterocycles. The second-order valence-electron chi connectivity index (χ2n) is 7.26. The molecule has 5 nitrogen and oxygen atoms in total. The number of imide groups is 1. The molecule has 0 bridgehead atoms. The molecule has 2 amide bonds. The van der Waals surface area contributed by atoms with Crippen LogP contribution in [0.5, 0.6) is 0 Å². The maximum Gasteiger partial charge on any atom is 0.262 e. The molecule has 0 radical (unpaired) electrons. The van der Waals surface area contributed by atoms with E-state index >= 15 is 0 Å². The number of carbonyl (C=O) groups excluding carboxylic acids is 2. The standard InChI is InChI=1S/C24H24N3O2P/c1-5-12-26-23(28)21(18-13-25(7-3)15(4)16(18)6-2)22(24(26)29)19-14-27(30)20-11-9-8-10-17(19)20/h5-6,8-11,13-14H,1-2,7,12,30H2,3-4H3. The summed E-state index contributed by atoms with van der Waals surface area (Å²) in [5.74, 6) is -0.597. The summed E-state index contributed by atoms with van der Waals surface area (Å²) < 4.78 is 3.98. The molecular formula is C24H24N3O2P. The third-order valence-electron chi connectivity index (χ3n) is 5.70. The Morgan fingerprint density at radius 2 is 1.70 bits per heavy atom. The lowest BCUT2D eigenvalue weighted by Gasteiger charge is -2.12. The Hall–Kier alpha value is -3.17. The molecule has 4 rings (SSSR count). The topological polar surface area (TPSA) is 47.2 Å². The van der Waals surface area contributed by atoms with Gasteiger partial charge in [-0.05, 0) is 29.3 Å². The first-order valence-electron chi connectivity index (χ1n) is 9.83. The molecule has 0 N–H and O–H groups in total. The van der Waals surface area contributed by atoms with E-state index in [2.05, 4.69) is 27.1 Å². The minimum atomic E-state index is -0.299. The lowest BCUT2D eigenvalue weighted by atomic mass is 9.95. The molecule has 1 atom stereocenters. The minimum Gasteiger partial charge on any atom is -0.351 e. The molecule has 1 aliphatic rings. The summed E-state index contributed by atoms with van der Waals surface area (Å²) in [6.07, 6.45) is 7.18. The number of fused-ring (bicyclic) bond motifs is 1. The van der Waals surface area contributed by atoms with E-state index in [1.54, 1.807) is 12.2 Å².